The van der Waals surface area contributed by atoms with Crippen LogP contribution in [-0.4, -0.2) is 14.7 Å². The van der Waals surface area contributed by atoms with E-state index in [0.29, 0.717) is 6.42 Å². The molecule has 6 rings (SSSR count). The van der Waals surface area contributed by atoms with Crippen molar-refractivity contribution in [1.29, 1.82) is 0 Å². The molecule has 136 valence electrons. The minimum Gasteiger partial charge on any atom is -0.388 e. The summed E-state index contributed by atoms with van der Waals surface area (Å²) >= 11 is 1.80. The lowest BCUT2D eigenvalue weighted by atomic mass is 9.95. The normalized spacial score (nSPS) is 16.4. The van der Waals surface area contributed by atoms with E-state index in [-0.39, 0.29) is 6.04 Å². The number of fused-ring (bicyclic) bond motifs is 6. The molecule has 5 aromatic rings. The van der Waals surface area contributed by atoms with Gasteiger partial charge in [-0.25, -0.2) is 4.98 Å². The van der Waals surface area contributed by atoms with Gasteiger partial charge in [0.1, 0.15) is 0 Å². The SMILES string of the molecule is OC(CC1c2ccccc2-c2cncn21)c1ccc2sc3ccccc3c2c1. The Morgan fingerprint density at radius 1 is 0.964 bits per heavy atom. The van der Waals surface area contributed by atoms with Crippen molar-refractivity contribution in [3.63, 3.8) is 0 Å². The Morgan fingerprint density at radius 3 is 2.75 bits per heavy atom. The number of aliphatic hydroxyl groups is 1. The van der Waals surface area contributed by atoms with Gasteiger partial charge in [-0.05, 0) is 29.3 Å². The molecule has 28 heavy (non-hydrogen) atoms. The molecular weight excluding hydrogens is 364 g/mol. The molecular formula is C24H18N2OS. The quantitative estimate of drug-likeness (QED) is 0.419. The van der Waals surface area contributed by atoms with Crippen LogP contribution in [0.5, 0.6) is 0 Å². The lowest BCUT2D eigenvalue weighted by Gasteiger charge is -2.19. The fraction of sp³-hybridized carbons (Fsp3) is 0.125. The van der Waals surface area contributed by atoms with Crippen molar-refractivity contribution < 1.29 is 5.11 Å². The Bertz CT molecular complexity index is 1330. The third kappa shape index (κ3) is 2.28. The van der Waals surface area contributed by atoms with E-state index in [9.17, 15) is 5.11 Å². The molecule has 1 N–H and O–H groups in total. The second-order valence-corrected chi connectivity index (χ2v) is 8.48. The summed E-state index contributed by atoms with van der Waals surface area (Å²) in [7, 11) is 0. The van der Waals surface area contributed by atoms with Crippen molar-refractivity contribution in [2.45, 2.75) is 18.6 Å². The molecule has 0 saturated heterocycles. The van der Waals surface area contributed by atoms with Gasteiger partial charge in [-0.1, -0.05) is 48.5 Å². The van der Waals surface area contributed by atoms with E-state index < -0.39 is 6.10 Å². The van der Waals surface area contributed by atoms with Gasteiger partial charge in [-0.2, -0.15) is 0 Å². The monoisotopic (exact) mass is 382 g/mol. The molecule has 1 aliphatic heterocycles. The second kappa shape index (κ2) is 6.03. The van der Waals surface area contributed by atoms with E-state index in [4.69, 9.17) is 0 Å². The smallest absolute Gasteiger partial charge is 0.0956 e. The van der Waals surface area contributed by atoms with Gasteiger partial charge in [0, 0.05) is 32.2 Å². The topological polar surface area (TPSA) is 38.1 Å². The highest BCUT2D eigenvalue weighted by molar-refractivity contribution is 7.25. The molecule has 1 aliphatic rings. The summed E-state index contributed by atoms with van der Waals surface area (Å²) in [5, 5.41) is 13.6. The fourth-order valence-electron chi connectivity index (χ4n) is 4.47. The van der Waals surface area contributed by atoms with Crippen LogP contribution in [-0.2, 0) is 0 Å². The number of thiophene rings is 1. The third-order valence-electron chi connectivity index (χ3n) is 5.83. The molecule has 0 radical (unpaired) electrons. The number of aromatic nitrogens is 2. The molecule has 2 atom stereocenters. The number of hydrogen-bond donors (Lipinski definition) is 1. The maximum absolute atomic E-state index is 11.1. The zero-order chi connectivity index (χ0) is 18.7. The number of hydrogen-bond acceptors (Lipinski definition) is 3. The number of aliphatic hydroxyl groups excluding tert-OH is 1. The first-order valence-corrected chi connectivity index (χ1v) is 10.3. The molecule has 0 fully saturated rings. The standard InChI is InChI=1S/C24H18N2OS/c27-22(12-20-16-5-1-2-6-17(16)21-13-25-14-26(20)21)15-9-10-24-19(11-15)18-7-3-4-8-23(18)28-24/h1-11,13-14,20,22,27H,12H2. The maximum Gasteiger partial charge on any atom is 0.0956 e. The lowest BCUT2D eigenvalue weighted by molar-refractivity contribution is 0.154. The van der Waals surface area contributed by atoms with E-state index >= 15 is 0 Å². The van der Waals surface area contributed by atoms with Gasteiger partial charge in [0.2, 0.25) is 0 Å². The fourth-order valence-corrected chi connectivity index (χ4v) is 5.56. The molecule has 2 aromatic heterocycles. The zero-order valence-corrected chi connectivity index (χ0v) is 15.9. The van der Waals surface area contributed by atoms with Crippen molar-refractivity contribution in [3.05, 3.63) is 90.4 Å². The van der Waals surface area contributed by atoms with Crippen LogP contribution in [0.15, 0.2) is 79.3 Å². The highest BCUT2D eigenvalue weighted by Gasteiger charge is 2.30. The average molecular weight is 382 g/mol. The van der Waals surface area contributed by atoms with Gasteiger partial charge in [-0.3, -0.25) is 0 Å². The Morgan fingerprint density at radius 2 is 1.79 bits per heavy atom. The molecule has 3 heterocycles. The van der Waals surface area contributed by atoms with Gasteiger partial charge >= 0.3 is 0 Å². The summed E-state index contributed by atoms with van der Waals surface area (Å²) in [6, 6.07) is 23.4. The second-order valence-electron chi connectivity index (χ2n) is 7.39. The Labute approximate surface area is 166 Å². The van der Waals surface area contributed by atoms with Crippen LogP contribution in [0.1, 0.15) is 29.7 Å². The van der Waals surface area contributed by atoms with E-state index in [0.717, 1.165) is 11.3 Å². The van der Waals surface area contributed by atoms with E-state index in [2.05, 4.69) is 76.3 Å². The molecule has 0 amide bonds. The molecule has 0 bridgehead atoms. The van der Waals surface area contributed by atoms with E-state index in [1.165, 1.54) is 31.3 Å². The van der Waals surface area contributed by atoms with Crippen molar-refractivity contribution in [2.75, 3.05) is 0 Å². The van der Waals surface area contributed by atoms with Gasteiger partial charge in [-0.15, -0.1) is 11.3 Å². The summed E-state index contributed by atoms with van der Waals surface area (Å²) in [4.78, 5) is 4.32. The van der Waals surface area contributed by atoms with Crippen LogP contribution in [0.4, 0.5) is 0 Å². The minimum absolute atomic E-state index is 0.110. The van der Waals surface area contributed by atoms with Gasteiger partial charge in [0.15, 0.2) is 0 Å². The van der Waals surface area contributed by atoms with Crippen LogP contribution in [0.25, 0.3) is 31.4 Å². The molecule has 0 saturated carbocycles. The average Bonchev–Trinajstić information content (AvgIpc) is 3.42. The molecule has 3 nitrogen and oxygen atoms in total. The van der Waals surface area contributed by atoms with E-state index in [1.54, 1.807) is 11.3 Å². The van der Waals surface area contributed by atoms with Gasteiger partial charge < -0.3 is 9.67 Å². The first kappa shape index (κ1) is 16.0. The predicted molar refractivity (Wildman–Crippen MR) is 115 cm³/mol. The van der Waals surface area contributed by atoms with Crippen molar-refractivity contribution >= 4 is 31.5 Å². The van der Waals surface area contributed by atoms with Gasteiger partial charge in [0.05, 0.1) is 30.4 Å². The Balaban J connectivity index is 1.39. The molecule has 3 aromatic carbocycles. The minimum atomic E-state index is -0.533. The number of imidazole rings is 1. The van der Waals surface area contributed by atoms with Crippen LogP contribution in [0.3, 0.4) is 0 Å². The summed E-state index contributed by atoms with van der Waals surface area (Å²) in [5.41, 5.74) is 4.59. The first-order valence-electron chi connectivity index (χ1n) is 9.50. The predicted octanol–water partition coefficient (Wildman–Crippen LogP) is 5.94. The molecule has 2 unspecified atom stereocenters. The van der Waals surface area contributed by atoms with Crippen LogP contribution >= 0.6 is 11.3 Å². The maximum atomic E-state index is 11.1. The zero-order valence-electron chi connectivity index (χ0n) is 15.1. The van der Waals surface area contributed by atoms with Crippen LogP contribution < -0.4 is 0 Å². The van der Waals surface area contributed by atoms with Crippen LogP contribution in [0.2, 0.25) is 0 Å². The number of benzene rings is 3. The molecule has 4 heteroatoms. The summed E-state index contributed by atoms with van der Waals surface area (Å²) in [6.07, 6.45) is 3.89. The summed E-state index contributed by atoms with van der Waals surface area (Å²) in [6.45, 7) is 0. The number of rotatable bonds is 3. The molecule has 0 spiro atoms. The van der Waals surface area contributed by atoms with Gasteiger partial charge in [0.25, 0.3) is 0 Å². The first-order chi connectivity index (χ1) is 13.8. The summed E-state index contributed by atoms with van der Waals surface area (Å²) < 4.78 is 4.74. The largest absolute Gasteiger partial charge is 0.388 e. The Hall–Kier alpha value is -2.95. The third-order valence-corrected chi connectivity index (χ3v) is 6.98. The Kier molecular flexibility index (Phi) is 3.45. The van der Waals surface area contributed by atoms with E-state index in [1.807, 2.05) is 12.5 Å². The van der Waals surface area contributed by atoms with Crippen molar-refractivity contribution in [2.24, 2.45) is 0 Å². The lowest BCUT2D eigenvalue weighted by Crippen LogP contribution is -2.10. The van der Waals surface area contributed by atoms with Crippen molar-refractivity contribution in [1.82, 2.24) is 9.55 Å². The summed E-state index contributed by atoms with van der Waals surface area (Å²) in [5.74, 6) is 0. The highest BCUT2D eigenvalue weighted by atomic mass is 32.1. The van der Waals surface area contributed by atoms with Crippen LogP contribution in [0, 0.1) is 0 Å². The highest BCUT2D eigenvalue weighted by Crippen LogP contribution is 2.43. The number of nitrogens with zero attached hydrogens (tertiary/aromatic N) is 2. The molecule has 0 aliphatic carbocycles. The van der Waals surface area contributed by atoms with Crippen molar-refractivity contribution in [3.8, 4) is 11.3 Å².